The topological polar surface area (TPSA) is 49.8 Å². The molecule has 132 valence electrons. The van der Waals surface area contributed by atoms with E-state index < -0.39 is 0 Å². The van der Waals surface area contributed by atoms with Gasteiger partial charge in [-0.2, -0.15) is 0 Å². The predicted molar refractivity (Wildman–Crippen MR) is 93.5 cm³/mol. The van der Waals surface area contributed by atoms with Crippen molar-refractivity contribution in [2.24, 2.45) is 11.8 Å². The van der Waals surface area contributed by atoms with Crippen molar-refractivity contribution in [3.05, 3.63) is 35.9 Å². The van der Waals surface area contributed by atoms with Crippen LogP contribution in [0.4, 0.5) is 4.79 Å². The molecule has 2 fully saturated rings. The van der Waals surface area contributed by atoms with Crippen LogP contribution in [-0.2, 0) is 11.3 Å². The van der Waals surface area contributed by atoms with Gasteiger partial charge in [0.1, 0.15) is 6.61 Å². The van der Waals surface area contributed by atoms with Gasteiger partial charge < -0.3 is 14.7 Å². The van der Waals surface area contributed by atoms with E-state index in [1.54, 1.807) is 0 Å². The van der Waals surface area contributed by atoms with Crippen LogP contribution in [0.1, 0.15) is 51.0 Å². The maximum atomic E-state index is 12.6. The smallest absolute Gasteiger partial charge is 0.410 e. The zero-order chi connectivity index (χ0) is 16.9. The molecule has 1 aliphatic heterocycles. The first-order chi connectivity index (χ1) is 11.6. The van der Waals surface area contributed by atoms with Crippen LogP contribution in [0, 0.1) is 11.8 Å². The summed E-state index contributed by atoms with van der Waals surface area (Å²) in [4.78, 5) is 14.5. The highest BCUT2D eigenvalue weighted by molar-refractivity contribution is 5.68. The Kier molecular flexibility index (Phi) is 5.77. The molecule has 24 heavy (non-hydrogen) atoms. The van der Waals surface area contributed by atoms with Gasteiger partial charge in [-0.05, 0) is 50.0 Å². The summed E-state index contributed by atoms with van der Waals surface area (Å²) in [6, 6.07) is 9.91. The number of nitrogens with zero attached hydrogens (tertiary/aromatic N) is 1. The lowest BCUT2D eigenvalue weighted by atomic mass is 9.74. The lowest BCUT2D eigenvalue weighted by molar-refractivity contribution is -0.0183. The largest absolute Gasteiger partial charge is 0.445 e. The first-order valence-corrected chi connectivity index (χ1v) is 9.30. The Morgan fingerprint density at radius 1 is 1.21 bits per heavy atom. The van der Waals surface area contributed by atoms with E-state index in [1.807, 2.05) is 35.2 Å². The third kappa shape index (κ3) is 4.10. The molecule has 4 unspecified atom stereocenters. The zero-order valence-electron chi connectivity index (χ0n) is 14.6. The quantitative estimate of drug-likeness (QED) is 0.911. The van der Waals surface area contributed by atoms with Gasteiger partial charge in [0.05, 0.1) is 6.10 Å². The summed E-state index contributed by atoms with van der Waals surface area (Å²) in [7, 11) is 0. The number of rotatable bonds is 3. The van der Waals surface area contributed by atoms with Crippen molar-refractivity contribution in [2.45, 2.75) is 64.2 Å². The van der Waals surface area contributed by atoms with Gasteiger partial charge >= 0.3 is 6.09 Å². The molecule has 0 spiro atoms. The van der Waals surface area contributed by atoms with Crippen molar-refractivity contribution in [3.8, 4) is 0 Å². The highest BCUT2D eigenvalue weighted by Gasteiger charge is 2.39. The average molecular weight is 331 g/mol. The molecule has 0 aromatic heterocycles. The highest BCUT2D eigenvalue weighted by atomic mass is 16.6. The summed E-state index contributed by atoms with van der Waals surface area (Å²) in [5.74, 6) is 0.820. The number of benzene rings is 1. The first-order valence-electron chi connectivity index (χ1n) is 9.30. The molecule has 1 saturated heterocycles. The van der Waals surface area contributed by atoms with E-state index >= 15 is 0 Å². The van der Waals surface area contributed by atoms with E-state index in [4.69, 9.17) is 4.74 Å². The summed E-state index contributed by atoms with van der Waals surface area (Å²) < 4.78 is 5.56. The number of piperidine rings is 1. The lowest BCUT2D eigenvalue weighted by Gasteiger charge is -2.44. The molecule has 1 heterocycles. The fourth-order valence-electron chi connectivity index (χ4n) is 4.25. The van der Waals surface area contributed by atoms with E-state index in [2.05, 4.69) is 6.92 Å². The average Bonchev–Trinajstić information content (AvgIpc) is 2.62. The van der Waals surface area contributed by atoms with Crippen molar-refractivity contribution in [1.82, 2.24) is 4.90 Å². The van der Waals surface area contributed by atoms with E-state index in [-0.39, 0.29) is 24.2 Å². The maximum Gasteiger partial charge on any atom is 0.410 e. The van der Waals surface area contributed by atoms with Gasteiger partial charge in [-0.15, -0.1) is 0 Å². The number of aliphatic hydroxyl groups excluding tert-OH is 1. The Labute approximate surface area is 144 Å². The summed E-state index contributed by atoms with van der Waals surface area (Å²) >= 11 is 0. The summed E-state index contributed by atoms with van der Waals surface area (Å²) in [6.07, 6.45) is 5.57. The van der Waals surface area contributed by atoms with Crippen molar-refractivity contribution in [2.75, 3.05) is 6.54 Å². The van der Waals surface area contributed by atoms with Crippen LogP contribution in [0.5, 0.6) is 0 Å². The number of carbonyl (C=O) groups excluding carboxylic acids is 1. The Morgan fingerprint density at radius 2 is 2.00 bits per heavy atom. The lowest BCUT2D eigenvalue weighted by Crippen LogP contribution is -2.52. The van der Waals surface area contributed by atoms with Gasteiger partial charge in [0.25, 0.3) is 0 Å². The summed E-state index contributed by atoms with van der Waals surface area (Å²) in [5, 5.41) is 10.5. The second-order valence-electron chi connectivity index (χ2n) is 7.45. The third-order valence-corrected chi connectivity index (χ3v) is 5.61. The van der Waals surface area contributed by atoms with Crippen LogP contribution in [0.15, 0.2) is 30.3 Å². The Hall–Kier alpha value is -1.55. The molecular weight excluding hydrogens is 302 g/mol. The van der Waals surface area contributed by atoms with Gasteiger partial charge in [-0.1, -0.05) is 37.3 Å². The van der Waals surface area contributed by atoms with Crippen LogP contribution in [0.25, 0.3) is 0 Å². The molecular formula is C20H29NO3. The molecule has 1 N–H and O–H groups in total. The van der Waals surface area contributed by atoms with Gasteiger partial charge in [-0.25, -0.2) is 4.79 Å². The number of likely N-dealkylation sites (tertiary alicyclic amines) is 1. The Bertz CT molecular complexity index is 533. The molecule has 0 radical (unpaired) electrons. The molecule has 4 nitrogen and oxygen atoms in total. The Morgan fingerprint density at radius 3 is 2.79 bits per heavy atom. The Balaban J connectivity index is 1.64. The van der Waals surface area contributed by atoms with Crippen molar-refractivity contribution in [1.29, 1.82) is 0 Å². The molecule has 2 aliphatic rings. The summed E-state index contributed by atoms with van der Waals surface area (Å²) in [6.45, 7) is 3.31. The van der Waals surface area contributed by atoms with Gasteiger partial charge in [-0.3, -0.25) is 0 Å². The first kappa shape index (κ1) is 17.3. The van der Waals surface area contributed by atoms with Gasteiger partial charge in [0.2, 0.25) is 0 Å². The van der Waals surface area contributed by atoms with Crippen molar-refractivity contribution < 1.29 is 14.6 Å². The van der Waals surface area contributed by atoms with Gasteiger partial charge in [0.15, 0.2) is 0 Å². The SMILES string of the molecule is CC1CCC(O)C(C2CCCCN2C(=O)OCc2ccccc2)C1. The summed E-state index contributed by atoms with van der Waals surface area (Å²) in [5.41, 5.74) is 1.01. The number of hydrogen-bond donors (Lipinski definition) is 1. The second kappa shape index (κ2) is 8.02. The minimum atomic E-state index is -0.284. The van der Waals surface area contributed by atoms with Crippen LogP contribution >= 0.6 is 0 Å². The number of hydrogen-bond acceptors (Lipinski definition) is 3. The molecule has 1 aromatic carbocycles. The van der Waals surface area contributed by atoms with Crippen molar-refractivity contribution in [3.63, 3.8) is 0 Å². The molecule has 1 saturated carbocycles. The molecule has 1 amide bonds. The number of ether oxygens (including phenoxy) is 1. The van der Waals surface area contributed by atoms with E-state index in [0.717, 1.165) is 50.6 Å². The normalized spacial score (nSPS) is 30.8. The highest BCUT2D eigenvalue weighted by Crippen LogP contribution is 2.36. The molecule has 4 atom stereocenters. The van der Waals surface area contributed by atoms with Gasteiger partial charge in [0, 0.05) is 18.5 Å². The monoisotopic (exact) mass is 331 g/mol. The van der Waals surface area contributed by atoms with Crippen LogP contribution in [-0.4, -0.2) is 34.8 Å². The minimum absolute atomic E-state index is 0.125. The third-order valence-electron chi connectivity index (χ3n) is 5.61. The van der Waals surface area contributed by atoms with Crippen LogP contribution < -0.4 is 0 Å². The molecule has 1 aliphatic carbocycles. The number of carbonyl (C=O) groups is 1. The maximum absolute atomic E-state index is 12.6. The number of aliphatic hydroxyl groups is 1. The number of amides is 1. The van der Waals surface area contributed by atoms with E-state index in [1.165, 1.54) is 0 Å². The molecule has 3 rings (SSSR count). The van der Waals surface area contributed by atoms with E-state index in [9.17, 15) is 9.90 Å². The zero-order valence-corrected chi connectivity index (χ0v) is 14.6. The molecule has 1 aromatic rings. The molecule has 0 bridgehead atoms. The fourth-order valence-corrected chi connectivity index (χ4v) is 4.25. The molecule has 4 heteroatoms. The second-order valence-corrected chi connectivity index (χ2v) is 7.45. The van der Waals surface area contributed by atoms with Crippen LogP contribution in [0.2, 0.25) is 0 Å². The minimum Gasteiger partial charge on any atom is -0.445 e. The van der Waals surface area contributed by atoms with Crippen molar-refractivity contribution >= 4 is 6.09 Å². The van der Waals surface area contributed by atoms with E-state index in [0.29, 0.717) is 12.5 Å². The predicted octanol–water partition coefficient (Wildman–Crippen LogP) is 3.97. The van der Waals surface area contributed by atoms with Crippen LogP contribution in [0.3, 0.4) is 0 Å². The standard InChI is InChI=1S/C20H29NO3/c1-15-10-11-19(22)17(13-15)18-9-5-6-12-21(18)20(23)24-14-16-7-3-2-4-8-16/h2-4,7-8,15,17-19,22H,5-6,9-14H2,1H3. The fraction of sp³-hybridized carbons (Fsp3) is 0.650.